The Kier molecular flexibility index (Phi) is 7.22. The van der Waals surface area contributed by atoms with Gasteiger partial charge >= 0.3 is 0 Å². The van der Waals surface area contributed by atoms with Crippen molar-refractivity contribution in [2.45, 2.75) is 44.4 Å². The van der Waals surface area contributed by atoms with Crippen LogP contribution in [0.1, 0.15) is 61.1 Å². The number of halogens is 1. The summed E-state index contributed by atoms with van der Waals surface area (Å²) in [6.07, 6.45) is 7.45. The van der Waals surface area contributed by atoms with E-state index in [4.69, 9.17) is 0 Å². The first-order valence-corrected chi connectivity index (χ1v) is 14.3. The molecule has 2 saturated heterocycles. The molecule has 2 fully saturated rings. The van der Waals surface area contributed by atoms with E-state index < -0.39 is 0 Å². The monoisotopic (exact) mass is 507 g/mol. The number of benzene rings is 4. The number of fused-ring (bicyclic) bond motifs is 1. The Hall–Kier alpha value is -3.53. The molecular weight excluding hydrogens is 469 g/mol. The van der Waals surface area contributed by atoms with Gasteiger partial charge in [0.15, 0.2) is 0 Å². The molecule has 0 aliphatic carbocycles. The van der Waals surface area contributed by atoms with Crippen LogP contribution in [-0.4, -0.2) is 33.2 Å². The first-order chi connectivity index (χ1) is 18.7. The second-order valence-electron chi connectivity index (χ2n) is 10.8. The maximum atomic E-state index is 16.1. The molecule has 6 rings (SSSR count). The lowest BCUT2D eigenvalue weighted by molar-refractivity contribution is 0.571. The van der Waals surface area contributed by atoms with Gasteiger partial charge in [0.05, 0.1) is 0 Å². The lowest BCUT2D eigenvalue weighted by Gasteiger charge is -2.30. The minimum absolute atomic E-state index is 0.125. The minimum atomic E-state index is -0.198. The van der Waals surface area contributed by atoms with Gasteiger partial charge in [0, 0.05) is 61.6 Å². The molecule has 0 saturated carbocycles. The standard InChI is InChI=1S/C34H38FN3/c1-36-33-19-18-30(28-10-4-5-11-29(28)33)34(25-12-14-26(15-13-25)37-20-6-2-7-21-37)31-17-16-27(24-32(31)35)38-22-8-3-9-23-38/h4-5,10-19,24,34,36H,2-3,6-9,20-23H2,1H3. The Morgan fingerprint density at radius 3 is 1.84 bits per heavy atom. The third kappa shape index (κ3) is 4.84. The molecule has 1 unspecified atom stereocenters. The third-order valence-corrected chi connectivity index (χ3v) is 8.50. The fraction of sp³-hybridized carbons (Fsp3) is 0.353. The van der Waals surface area contributed by atoms with Crippen molar-refractivity contribution in [1.29, 1.82) is 0 Å². The summed E-state index contributed by atoms with van der Waals surface area (Å²) < 4.78 is 16.1. The van der Waals surface area contributed by atoms with Crippen LogP contribution in [0, 0.1) is 5.82 Å². The third-order valence-electron chi connectivity index (χ3n) is 8.50. The lowest BCUT2D eigenvalue weighted by Crippen LogP contribution is -2.29. The number of piperidine rings is 2. The SMILES string of the molecule is CNc1ccc(C(c2ccc(N3CCCCC3)cc2)c2ccc(N3CCCCC3)cc2F)c2ccccc12. The number of rotatable bonds is 6. The first-order valence-electron chi connectivity index (χ1n) is 14.3. The smallest absolute Gasteiger partial charge is 0.129 e. The van der Waals surface area contributed by atoms with Crippen LogP contribution in [-0.2, 0) is 0 Å². The van der Waals surface area contributed by atoms with Crippen molar-refractivity contribution in [2.24, 2.45) is 0 Å². The summed E-state index contributed by atoms with van der Waals surface area (Å²) in [7, 11) is 1.96. The van der Waals surface area contributed by atoms with Crippen LogP contribution >= 0.6 is 0 Å². The van der Waals surface area contributed by atoms with Crippen molar-refractivity contribution in [3.05, 3.63) is 101 Å². The van der Waals surface area contributed by atoms with Gasteiger partial charge in [-0.05, 0) is 90.9 Å². The maximum absolute atomic E-state index is 16.1. The van der Waals surface area contributed by atoms with Gasteiger partial charge in [-0.15, -0.1) is 0 Å². The number of anilines is 3. The lowest BCUT2D eigenvalue weighted by atomic mass is 9.82. The van der Waals surface area contributed by atoms with E-state index in [1.165, 1.54) is 44.2 Å². The van der Waals surface area contributed by atoms with Crippen molar-refractivity contribution in [3.63, 3.8) is 0 Å². The van der Waals surface area contributed by atoms with E-state index in [0.29, 0.717) is 0 Å². The highest BCUT2D eigenvalue weighted by atomic mass is 19.1. The Labute approximate surface area is 226 Å². The molecule has 38 heavy (non-hydrogen) atoms. The Morgan fingerprint density at radius 2 is 1.21 bits per heavy atom. The molecular formula is C34H38FN3. The van der Waals surface area contributed by atoms with Crippen LogP contribution in [0.5, 0.6) is 0 Å². The summed E-state index contributed by atoms with van der Waals surface area (Å²) in [4.78, 5) is 4.81. The van der Waals surface area contributed by atoms with Crippen LogP contribution in [0.15, 0.2) is 78.9 Å². The number of hydrogen-bond acceptors (Lipinski definition) is 3. The second kappa shape index (κ2) is 11.1. The zero-order valence-electron chi connectivity index (χ0n) is 22.4. The summed E-state index contributed by atoms with van der Waals surface area (Å²) in [5.41, 5.74) is 6.35. The highest BCUT2D eigenvalue weighted by molar-refractivity contribution is 5.97. The molecule has 196 valence electrons. The molecule has 4 heteroatoms. The van der Waals surface area contributed by atoms with E-state index in [0.717, 1.165) is 65.0 Å². The molecule has 2 heterocycles. The van der Waals surface area contributed by atoms with Gasteiger partial charge in [0.1, 0.15) is 5.82 Å². The number of nitrogens with zero attached hydrogens (tertiary/aromatic N) is 2. The second-order valence-corrected chi connectivity index (χ2v) is 10.8. The van der Waals surface area contributed by atoms with Crippen molar-refractivity contribution in [2.75, 3.05) is 48.3 Å². The Bertz CT molecular complexity index is 1390. The van der Waals surface area contributed by atoms with E-state index in [-0.39, 0.29) is 11.7 Å². The largest absolute Gasteiger partial charge is 0.388 e. The number of nitrogens with one attached hydrogen (secondary N) is 1. The van der Waals surface area contributed by atoms with E-state index in [1.54, 1.807) is 6.07 Å². The quantitative estimate of drug-likeness (QED) is 0.266. The first kappa shape index (κ1) is 24.8. The molecule has 4 aromatic rings. The average Bonchev–Trinajstić information content (AvgIpc) is 2.99. The summed E-state index contributed by atoms with van der Waals surface area (Å²) in [5.74, 6) is -0.323. The van der Waals surface area contributed by atoms with Crippen LogP contribution in [0.3, 0.4) is 0 Å². The maximum Gasteiger partial charge on any atom is 0.129 e. The van der Waals surface area contributed by atoms with Crippen LogP contribution in [0.25, 0.3) is 10.8 Å². The highest BCUT2D eigenvalue weighted by Gasteiger charge is 2.24. The zero-order valence-corrected chi connectivity index (χ0v) is 22.4. The predicted octanol–water partition coefficient (Wildman–Crippen LogP) is 8.18. The number of hydrogen-bond donors (Lipinski definition) is 1. The van der Waals surface area contributed by atoms with Crippen molar-refractivity contribution in [1.82, 2.24) is 0 Å². The van der Waals surface area contributed by atoms with E-state index in [1.807, 2.05) is 13.1 Å². The van der Waals surface area contributed by atoms with E-state index in [9.17, 15) is 0 Å². The van der Waals surface area contributed by atoms with Gasteiger partial charge in [-0.3, -0.25) is 0 Å². The average molecular weight is 508 g/mol. The fourth-order valence-corrected chi connectivity index (χ4v) is 6.45. The molecule has 0 amide bonds. The predicted molar refractivity (Wildman–Crippen MR) is 159 cm³/mol. The van der Waals surface area contributed by atoms with Gasteiger partial charge < -0.3 is 15.1 Å². The van der Waals surface area contributed by atoms with Gasteiger partial charge in [0.2, 0.25) is 0 Å². The molecule has 3 nitrogen and oxygen atoms in total. The van der Waals surface area contributed by atoms with Gasteiger partial charge in [-0.2, -0.15) is 0 Å². The topological polar surface area (TPSA) is 18.5 Å². The summed E-state index contributed by atoms with van der Waals surface area (Å²) in [6, 6.07) is 27.6. The van der Waals surface area contributed by atoms with E-state index in [2.05, 4.69) is 81.8 Å². The minimum Gasteiger partial charge on any atom is -0.388 e. The van der Waals surface area contributed by atoms with Crippen molar-refractivity contribution >= 4 is 27.8 Å². The molecule has 2 aliphatic heterocycles. The Morgan fingerprint density at radius 1 is 0.632 bits per heavy atom. The van der Waals surface area contributed by atoms with Crippen molar-refractivity contribution in [3.8, 4) is 0 Å². The molecule has 0 aromatic heterocycles. The highest BCUT2D eigenvalue weighted by Crippen LogP contribution is 2.40. The van der Waals surface area contributed by atoms with E-state index >= 15 is 4.39 Å². The fourth-order valence-electron chi connectivity index (χ4n) is 6.45. The van der Waals surface area contributed by atoms with Gasteiger partial charge in [-0.1, -0.05) is 48.5 Å². The summed E-state index contributed by atoms with van der Waals surface area (Å²) in [5, 5.41) is 5.65. The van der Waals surface area contributed by atoms with Gasteiger partial charge in [-0.25, -0.2) is 4.39 Å². The van der Waals surface area contributed by atoms with Crippen LogP contribution < -0.4 is 15.1 Å². The molecule has 1 atom stereocenters. The van der Waals surface area contributed by atoms with Gasteiger partial charge in [0.25, 0.3) is 0 Å². The molecule has 4 aromatic carbocycles. The normalized spacial score (nSPS) is 17.0. The summed E-state index contributed by atoms with van der Waals surface area (Å²) in [6.45, 7) is 4.25. The molecule has 1 N–H and O–H groups in total. The molecule has 2 aliphatic rings. The van der Waals surface area contributed by atoms with Crippen LogP contribution in [0.2, 0.25) is 0 Å². The van der Waals surface area contributed by atoms with Crippen LogP contribution in [0.4, 0.5) is 21.5 Å². The van der Waals surface area contributed by atoms with Crippen molar-refractivity contribution < 1.29 is 4.39 Å². The molecule has 0 radical (unpaired) electrons. The Balaban J connectivity index is 1.45. The molecule has 0 bridgehead atoms. The molecule has 0 spiro atoms. The zero-order chi connectivity index (χ0) is 25.9. The summed E-state index contributed by atoms with van der Waals surface area (Å²) >= 11 is 0.